The van der Waals surface area contributed by atoms with Gasteiger partial charge in [0.2, 0.25) is 0 Å². The average molecular weight is 487 g/mol. The highest BCUT2D eigenvalue weighted by Gasteiger charge is 2.34. The Morgan fingerprint density at radius 2 is 1.61 bits per heavy atom. The molecule has 1 unspecified atom stereocenters. The molecule has 4 nitrogen and oxygen atoms in total. The van der Waals surface area contributed by atoms with Gasteiger partial charge in [0.05, 0.1) is 11.3 Å². The van der Waals surface area contributed by atoms with Gasteiger partial charge in [-0.1, -0.05) is 49.4 Å². The maximum Gasteiger partial charge on any atom is 0.417 e. The zero-order valence-electron chi connectivity index (χ0n) is 20.0. The van der Waals surface area contributed by atoms with Crippen LogP contribution < -0.4 is 5.32 Å². The normalized spacial score (nSPS) is 15.5. The lowest BCUT2D eigenvalue weighted by Crippen LogP contribution is -2.15. The monoisotopic (exact) mass is 486 g/mol. The van der Waals surface area contributed by atoms with Crippen LogP contribution in [0.5, 0.6) is 0 Å². The Balaban J connectivity index is 1.66. The van der Waals surface area contributed by atoms with Gasteiger partial charge in [-0.15, -0.1) is 0 Å². The van der Waals surface area contributed by atoms with E-state index in [0.29, 0.717) is 17.4 Å². The van der Waals surface area contributed by atoms with Crippen molar-refractivity contribution >= 4 is 11.5 Å². The topological polar surface area (TPSA) is 50.7 Å². The molecular formula is C29H25F3N4. The minimum Gasteiger partial charge on any atom is -0.340 e. The van der Waals surface area contributed by atoms with Crippen molar-refractivity contribution in [3.05, 3.63) is 101 Å². The molecule has 0 bridgehead atoms. The molecule has 2 aromatic heterocycles. The minimum absolute atomic E-state index is 0.00789. The Morgan fingerprint density at radius 3 is 2.33 bits per heavy atom. The summed E-state index contributed by atoms with van der Waals surface area (Å²) in [7, 11) is 0. The Morgan fingerprint density at radius 1 is 0.917 bits per heavy atom. The number of nitrogens with zero attached hydrogens (tertiary/aromatic N) is 3. The highest BCUT2D eigenvalue weighted by atomic mass is 19.4. The molecule has 1 aliphatic carbocycles. The number of pyridine rings is 1. The van der Waals surface area contributed by atoms with Crippen molar-refractivity contribution in [2.75, 3.05) is 5.32 Å². The van der Waals surface area contributed by atoms with Gasteiger partial charge in [-0.05, 0) is 55.0 Å². The number of alkyl halides is 3. The molecule has 0 fully saturated rings. The van der Waals surface area contributed by atoms with Crippen molar-refractivity contribution in [1.29, 1.82) is 0 Å². The summed E-state index contributed by atoms with van der Waals surface area (Å²) in [6.07, 6.45) is 0.657. The molecule has 1 N–H and O–H groups in total. The van der Waals surface area contributed by atoms with Gasteiger partial charge in [-0.3, -0.25) is 4.98 Å². The quantitative estimate of drug-likeness (QED) is 0.311. The summed E-state index contributed by atoms with van der Waals surface area (Å²) >= 11 is 0. The molecule has 0 radical (unpaired) electrons. The molecule has 0 saturated heterocycles. The number of benzene rings is 2. The van der Waals surface area contributed by atoms with Gasteiger partial charge >= 0.3 is 6.18 Å². The minimum atomic E-state index is -4.53. The van der Waals surface area contributed by atoms with E-state index in [1.807, 2.05) is 12.1 Å². The van der Waals surface area contributed by atoms with Crippen LogP contribution in [0.1, 0.15) is 49.3 Å². The van der Waals surface area contributed by atoms with Crippen molar-refractivity contribution in [3.8, 4) is 22.6 Å². The van der Waals surface area contributed by atoms with Crippen molar-refractivity contribution in [2.24, 2.45) is 0 Å². The Labute approximate surface area is 208 Å². The van der Waals surface area contributed by atoms with Crippen LogP contribution in [0.2, 0.25) is 0 Å². The Hall–Kier alpha value is -4.00. The van der Waals surface area contributed by atoms with Crippen LogP contribution in [0, 0.1) is 0 Å². The second-order valence-corrected chi connectivity index (χ2v) is 8.92. The first-order chi connectivity index (χ1) is 17.3. The molecule has 36 heavy (non-hydrogen) atoms. The summed E-state index contributed by atoms with van der Waals surface area (Å²) < 4.78 is 41.5. The lowest BCUT2D eigenvalue weighted by molar-refractivity contribution is -0.137. The van der Waals surface area contributed by atoms with Gasteiger partial charge in [0, 0.05) is 40.8 Å². The molecule has 2 aromatic carbocycles. The fraction of sp³-hybridized carbons (Fsp3) is 0.207. The van der Waals surface area contributed by atoms with Crippen LogP contribution in [0.3, 0.4) is 0 Å². The van der Waals surface area contributed by atoms with Gasteiger partial charge in [-0.25, -0.2) is 9.97 Å². The van der Waals surface area contributed by atoms with E-state index >= 15 is 0 Å². The number of allylic oxidation sites excluding steroid dienone is 1. The average Bonchev–Trinajstić information content (AvgIpc) is 2.90. The van der Waals surface area contributed by atoms with Gasteiger partial charge in [0.15, 0.2) is 5.82 Å². The number of halogens is 3. The number of hydrogen-bond donors (Lipinski definition) is 1. The molecule has 2 heterocycles. The van der Waals surface area contributed by atoms with Gasteiger partial charge < -0.3 is 5.32 Å². The van der Waals surface area contributed by atoms with Crippen molar-refractivity contribution < 1.29 is 13.2 Å². The third-order valence-electron chi connectivity index (χ3n) is 6.57. The molecule has 1 atom stereocenters. The molecule has 0 spiro atoms. The number of fused-ring (bicyclic) bond motifs is 1. The summed E-state index contributed by atoms with van der Waals surface area (Å²) in [5, 5.41) is 3.44. The zero-order chi connectivity index (χ0) is 25.3. The van der Waals surface area contributed by atoms with E-state index in [1.165, 1.54) is 23.3 Å². The van der Waals surface area contributed by atoms with Crippen LogP contribution in [0.25, 0.3) is 28.3 Å². The Kier molecular flexibility index (Phi) is 6.31. The SMILES string of the molecule is CCC1CC(C)=C(Nc2cc(-c3ccncc3)nc(-c3ccccc3C(F)(F)F)n2)c2ccccc21. The number of rotatable bonds is 5. The van der Waals surface area contributed by atoms with E-state index in [-0.39, 0.29) is 11.4 Å². The van der Waals surface area contributed by atoms with E-state index in [1.54, 1.807) is 36.7 Å². The first-order valence-corrected chi connectivity index (χ1v) is 11.9. The summed E-state index contributed by atoms with van der Waals surface area (Å²) in [5.74, 6) is 0.871. The van der Waals surface area contributed by atoms with E-state index in [9.17, 15) is 13.2 Å². The van der Waals surface area contributed by atoms with Gasteiger partial charge in [-0.2, -0.15) is 13.2 Å². The summed E-state index contributed by atoms with van der Waals surface area (Å²) in [5.41, 5.74) is 4.88. The van der Waals surface area contributed by atoms with Crippen LogP contribution in [0.15, 0.2) is 84.7 Å². The van der Waals surface area contributed by atoms with Crippen molar-refractivity contribution in [3.63, 3.8) is 0 Å². The lowest BCUT2D eigenvalue weighted by atomic mass is 9.80. The summed E-state index contributed by atoms with van der Waals surface area (Å²) in [4.78, 5) is 13.2. The van der Waals surface area contributed by atoms with Crippen LogP contribution in [-0.4, -0.2) is 15.0 Å². The molecule has 1 aliphatic rings. The molecule has 5 rings (SSSR count). The second kappa shape index (κ2) is 9.57. The van der Waals surface area contributed by atoms with Crippen molar-refractivity contribution in [1.82, 2.24) is 15.0 Å². The zero-order valence-corrected chi connectivity index (χ0v) is 20.0. The molecule has 0 amide bonds. The maximum absolute atomic E-state index is 13.8. The fourth-order valence-corrected chi connectivity index (χ4v) is 4.79. The maximum atomic E-state index is 13.8. The number of nitrogens with one attached hydrogen (secondary N) is 1. The largest absolute Gasteiger partial charge is 0.417 e. The summed E-state index contributed by atoms with van der Waals surface area (Å²) in [6.45, 7) is 4.27. The van der Waals surface area contributed by atoms with Crippen LogP contribution in [-0.2, 0) is 6.18 Å². The smallest absolute Gasteiger partial charge is 0.340 e. The lowest BCUT2D eigenvalue weighted by Gasteiger charge is -2.29. The third-order valence-corrected chi connectivity index (χ3v) is 6.57. The molecule has 0 saturated carbocycles. The fourth-order valence-electron chi connectivity index (χ4n) is 4.79. The van der Waals surface area contributed by atoms with Gasteiger partial charge in [0.25, 0.3) is 0 Å². The molecule has 4 aromatic rings. The van der Waals surface area contributed by atoms with E-state index in [4.69, 9.17) is 0 Å². The number of anilines is 1. The number of aromatic nitrogens is 3. The highest BCUT2D eigenvalue weighted by molar-refractivity contribution is 5.83. The van der Waals surface area contributed by atoms with Crippen molar-refractivity contribution in [2.45, 2.75) is 38.8 Å². The standard InChI is InChI=1S/C29H25F3N4/c1-3-19-16-18(2)27(22-9-5-4-8-21(19)22)35-26-17-25(20-12-14-33-15-13-20)34-28(36-26)23-10-6-7-11-24(23)29(30,31)32/h4-15,17,19H,3,16H2,1-2H3,(H,34,35,36). The van der Waals surface area contributed by atoms with E-state index < -0.39 is 11.7 Å². The summed E-state index contributed by atoms with van der Waals surface area (Å²) in [6, 6.07) is 19.0. The third kappa shape index (κ3) is 4.61. The van der Waals surface area contributed by atoms with Crippen LogP contribution >= 0.6 is 0 Å². The first-order valence-electron chi connectivity index (χ1n) is 11.9. The van der Waals surface area contributed by atoms with Crippen LogP contribution in [0.4, 0.5) is 19.0 Å². The predicted octanol–water partition coefficient (Wildman–Crippen LogP) is 7.96. The predicted molar refractivity (Wildman–Crippen MR) is 136 cm³/mol. The highest BCUT2D eigenvalue weighted by Crippen LogP contribution is 2.41. The second-order valence-electron chi connectivity index (χ2n) is 8.92. The Bertz CT molecular complexity index is 1430. The number of hydrogen-bond acceptors (Lipinski definition) is 4. The van der Waals surface area contributed by atoms with E-state index in [2.05, 4.69) is 46.2 Å². The van der Waals surface area contributed by atoms with Gasteiger partial charge in [0.1, 0.15) is 5.82 Å². The molecule has 182 valence electrons. The molecular weight excluding hydrogens is 461 g/mol. The first kappa shape index (κ1) is 23.7. The molecule has 7 heteroatoms. The molecule has 0 aliphatic heterocycles. The van der Waals surface area contributed by atoms with E-state index in [0.717, 1.165) is 35.7 Å².